The molecule has 0 saturated carbocycles. The molecule has 0 heterocycles. The summed E-state index contributed by atoms with van der Waals surface area (Å²) in [6, 6.07) is 4.46. The van der Waals surface area contributed by atoms with Crippen molar-refractivity contribution in [1.29, 1.82) is 0 Å². The molecule has 1 rings (SSSR count). The average Bonchev–Trinajstić information content (AvgIpc) is 2.78. The van der Waals surface area contributed by atoms with Gasteiger partial charge in [-0.25, -0.2) is 4.79 Å². The maximum Gasteiger partial charge on any atom is 0.326 e. The van der Waals surface area contributed by atoms with Crippen LogP contribution < -0.4 is 27.4 Å². The molecule has 4 amide bonds. The molecule has 0 aliphatic rings. The van der Waals surface area contributed by atoms with E-state index in [4.69, 9.17) is 16.6 Å². The molecule has 13 nitrogen and oxygen atoms in total. The number of rotatable bonds is 15. The lowest BCUT2D eigenvalue weighted by Gasteiger charge is -2.24. The Morgan fingerprint density at radius 3 is 1.82 bits per heavy atom. The number of carboxylic acids is 2. The van der Waals surface area contributed by atoms with E-state index in [2.05, 4.69) is 16.0 Å². The van der Waals surface area contributed by atoms with Gasteiger partial charge in [-0.05, 0) is 18.4 Å². The van der Waals surface area contributed by atoms with Crippen LogP contribution in [0.3, 0.4) is 0 Å². The fraction of sp³-hybridized carbons (Fsp3) is 0.429. The molecule has 0 saturated heterocycles. The van der Waals surface area contributed by atoms with Crippen molar-refractivity contribution in [3.05, 3.63) is 35.9 Å². The lowest BCUT2D eigenvalue weighted by Crippen LogP contribution is -2.56. The summed E-state index contributed by atoms with van der Waals surface area (Å²) in [6.45, 7) is -0.441. The number of primary amides is 1. The zero-order valence-corrected chi connectivity index (χ0v) is 18.4. The van der Waals surface area contributed by atoms with Gasteiger partial charge in [0.25, 0.3) is 0 Å². The van der Waals surface area contributed by atoms with Crippen LogP contribution in [-0.4, -0.2) is 70.5 Å². The molecule has 1 aromatic rings. The van der Waals surface area contributed by atoms with Gasteiger partial charge in [0.15, 0.2) is 0 Å². The highest BCUT2D eigenvalue weighted by Crippen LogP contribution is 2.07. The third-order valence-electron chi connectivity index (χ3n) is 4.69. The van der Waals surface area contributed by atoms with Crippen molar-refractivity contribution in [3.8, 4) is 0 Å². The first-order chi connectivity index (χ1) is 16.0. The van der Waals surface area contributed by atoms with Crippen LogP contribution in [0.1, 0.15) is 31.2 Å². The van der Waals surface area contributed by atoms with Crippen LogP contribution in [0.25, 0.3) is 0 Å². The second-order valence-electron chi connectivity index (χ2n) is 7.41. The van der Waals surface area contributed by atoms with E-state index in [9.17, 15) is 33.9 Å². The second-order valence-corrected chi connectivity index (χ2v) is 7.41. The van der Waals surface area contributed by atoms with Crippen LogP contribution in [0, 0.1) is 0 Å². The van der Waals surface area contributed by atoms with E-state index < -0.39 is 66.7 Å². The van der Waals surface area contributed by atoms with Gasteiger partial charge in [0, 0.05) is 19.3 Å². The van der Waals surface area contributed by atoms with Crippen molar-refractivity contribution in [1.82, 2.24) is 16.0 Å². The third-order valence-corrected chi connectivity index (χ3v) is 4.69. The van der Waals surface area contributed by atoms with Gasteiger partial charge in [-0.3, -0.25) is 24.0 Å². The first-order valence-electron chi connectivity index (χ1n) is 10.4. The molecular formula is C21H29N5O8. The molecule has 0 aliphatic carbocycles. The minimum atomic E-state index is -1.42. The van der Waals surface area contributed by atoms with Crippen molar-refractivity contribution in [2.45, 2.75) is 50.2 Å². The van der Waals surface area contributed by atoms with Gasteiger partial charge in [-0.15, -0.1) is 0 Å². The fourth-order valence-electron chi connectivity index (χ4n) is 2.94. The average molecular weight is 479 g/mol. The van der Waals surface area contributed by atoms with Gasteiger partial charge in [0.05, 0.1) is 6.54 Å². The molecule has 0 bridgehead atoms. The molecule has 1 aromatic carbocycles. The Bertz CT molecular complexity index is 892. The maximum atomic E-state index is 12.8. The Morgan fingerprint density at radius 2 is 1.32 bits per heavy atom. The molecule has 3 unspecified atom stereocenters. The van der Waals surface area contributed by atoms with Gasteiger partial charge in [0.1, 0.15) is 18.1 Å². The van der Waals surface area contributed by atoms with Gasteiger partial charge in [-0.2, -0.15) is 0 Å². The highest BCUT2D eigenvalue weighted by molar-refractivity contribution is 5.94. The molecule has 34 heavy (non-hydrogen) atoms. The van der Waals surface area contributed by atoms with Crippen LogP contribution in [0.5, 0.6) is 0 Å². The highest BCUT2D eigenvalue weighted by Gasteiger charge is 2.30. The molecule has 0 radical (unpaired) electrons. The van der Waals surface area contributed by atoms with E-state index in [0.29, 0.717) is 5.56 Å². The van der Waals surface area contributed by atoms with E-state index in [1.807, 2.05) is 0 Å². The molecule has 3 atom stereocenters. The van der Waals surface area contributed by atoms with Crippen LogP contribution >= 0.6 is 0 Å². The van der Waals surface area contributed by atoms with Crippen molar-refractivity contribution in [3.63, 3.8) is 0 Å². The third kappa shape index (κ3) is 10.5. The molecule has 9 N–H and O–H groups in total. The van der Waals surface area contributed by atoms with Gasteiger partial charge < -0.3 is 37.6 Å². The quantitative estimate of drug-likeness (QED) is 0.145. The van der Waals surface area contributed by atoms with Gasteiger partial charge in [-0.1, -0.05) is 30.3 Å². The number of aliphatic carboxylic acids is 2. The van der Waals surface area contributed by atoms with Crippen molar-refractivity contribution >= 4 is 35.6 Å². The summed E-state index contributed by atoms with van der Waals surface area (Å²) in [4.78, 5) is 70.9. The van der Waals surface area contributed by atoms with Gasteiger partial charge >= 0.3 is 11.9 Å². The predicted octanol–water partition coefficient (Wildman–Crippen LogP) is -2.14. The van der Waals surface area contributed by atoms with Crippen molar-refractivity contribution in [2.24, 2.45) is 11.5 Å². The molecule has 186 valence electrons. The zero-order valence-electron chi connectivity index (χ0n) is 18.4. The van der Waals surface area contributed by atoms with E-state index >= 15 is 0 Å². The summed E-state index contributed by atoms with van der Waals surface area (Å²) >= 11 is 0. The summed E-state index contributed by atoms with van der Waals surface area (Å²) in [5, 5.41) is 25.4. The number of carboxylic acid groups (broad SMARTS) is 2. The van der Waals surface area contributed by atoms with Crippen LogP contribution in [-0.2, 0) is 35.2 Å². The zero-order chi connectivity index (χ0) is 25.7. The smallest absolute Gasteiger partial charge is 0.326 e. The normalized spacial score (nSPS) is 13.1. The molecule has 0 aliphatic heterocycles. The summed E-state index contributed by atoms with van der Waals surface area (Å²) in [5.74, 6) is -5.81. The monoisotopic (exact) mass is 479 g/mol. The number of hydrogen-bond donors (Lipinski definition) is 7. The van der Waals surface area contributed by atoms with E-state index in [1.54, 1.807) is 30.3 Å². The summed E-state index contributed by atoms with van der Waals surface area (Å²) in [5.41, 5.74) is 11.0. The van der Waals surface area contributed by atoms with E-state index in [0.717, 1.165) is 0 Å². The summed E-state index contributed by atoms with van der Waals surface area (Å²) < 4.78 is 0. The Balaban J connectivity index is 3.00. The Hall–Kier alpha value is -4.00. The van der Waals surface area contributed by atoms with E-state index in [-0.39, 0.29) is 25.7 Å². The number of benzene rings is 1. The number of nitrogens with two attached hydrogens (primary N) is 2. The number of hydrogen-bond acceptors (Lipinski definition) is 7. The van der Waals surface area contributed by atoms with Crippen LogP contribution in [0.15, 0.2) is 30.3 Å². The topological polar surface area (TPSA) is 231 Å². The molecule has 0 aromatic heterocycles. The maximum absolute atomic E-state index is 12.8. The van der Waals surface area contributed by atoms with Gasteiger partial charge in [0.2, 0.25) is 23.6 Å². The Labute approximate surface area is 195 Å². The minimum absolute atomic E-state index is 0.0463. The standard InChI is InChI=1S/C21H29N5O8/c22-11-17(28)24-13(6-8-16(23)27)19(31)25-14(7-9-18(29)30)20(32)26-15(21(33)34)10-12-4-2-1-3-5-12/h1-5,13-15H,6-11,22H2,(H2,23,27)(H,24,28)(H,25,31)(H,26,32)(H,29,30)(H,33,34). The second kappa shape index (κ2) is 14.2. The molecule has 13 heteroatoms. The Morgan fingerprint density at radius 1 is 0.794 bits per heavy atom. The minimum Gasteiger partial charge on any atom is -0.481 e. The lowest BCUT2D eigenvalue weighted by molar-refractivity contribution is -0.143. The molecule has 0 fully saturated rings. The largest absolute Gasteiger partial charge is 0.481 e. The molecular weight excluding hydrogens is 450 g/mol. The van der Waals surface area contributed by atoms with Crippen molar-refractivity contribution < 1.29 is 39.0 Å². The first kappa shape index (κ1) is 28.0. The summed E-state index contributed by atoms with van der Waals surface area (Å²) in [7, 11) is 0. The molecule has 0 spiro atoms. The van der Waals surface area contributed by atoms with Crippen molar-refractivity contribution in [2.75, 3.05) is 6.54 Å². The number of carbonyl (C=O) groups is 6. The first-order valence-corrected chi connectivity index (χ1v) is 10.4. The number of nitrogens with one attached hydrogen (secondary N) is 3. The van der Waals surface area contributed by atoms with E-state index in [1.165, 1.54) is 0 Å². The summed E-state index contributed by atoms with van der Waals surface area (Å²) in [6.07, 6.45) is -1.35. The Kier molecular flexibility index (Phi) is 11.7. The van der Waals surface area contributed by atoms with Crippen LogP contribution in [0.2, 0.25) is 0 Å². The predicted molar refractivity (Wildman–Crippen MR) is 118 cm³/mol. The van der Waals surface area contributed by atoms with Crippen LogP contribution in [0.4, 0.5) is 0 Å². The SMILES string of the molecule is NCC(=O)NC(CCC(N)=O)C(=O)NC(CCC(=O)O)C(=O)NC(Cc1ccccc1)C(=O)O. The lowest BCUT2D eigenvalue weighted by atomic mass is 10.0. The fourth-order valence-corrected chi connectivity index (χ4v) is 2.94. The number of carbonyl (C=O) groups excluding carboxylic acids is 4. The highest BCUT2D eigenvalue weighted by atomic mass is 16.4. The number of amides is 4.